The molecule has 2 aliphatic heterocycles. The Hall–Kier alpha value is -1.14. The predicted molar refractivity (Wildman–Crippen MR) is 99.9 cm³/mol. The van der Waals surface area contributed by atoms with Crippen molar-refractivity contribution in [2.75, 3.05) is 53.4 Å². The molecule has 0 aromatic heterocycles. The first-order valence-corrected chi connectivity index (χ1v) is 9.44. The zero-order valence-electron chi connectivity index (χ0n) is 15.2. The molecule has 2 aliphatic rings. The molecule has 0 radical (unpaired) electrons. The highest BCUT2D eigenvalue weighted by Gasteiger charge is 2.28. The summed E-state index contributed by atoms with van der Waals surface area (Å²) in [6.07, 6.45) is 2.21. The normalized spacial score (nSPS) is 23.2. The molecule has 2 heterocycles. The Bertz CT molecular complexity index is 573. The molecule has 1 aromatic carbocycles. The molecule has 1 amide bonds. The largest absolute Gasteiger partial charge is 0.370 e. The zero-order valence-corrected chi connectivity index (χ0v) is 15.9. The lowest BCUT2D eigenvalue weighted by Gasteiger charge is -2.37. The highest BCUT2D eigenvalue weighted by molar-refractivity contribution is 6.30. The van der Waals surface area contributed by atoms with Crippen LogP contribution in [0.5, 0.6) is 0 Å². The van der Waals surface area contributed by atoms with E-state index in [-0.39, 0.29) is 12.0 Å². The van der Waals surface area contributed by atoms with E-state index in [0.29, 0.717) is 37.3 Å². The SMILES string of the molecule is CN1CCC(N(C)CC(=O)N2CCO[C@H](c3ccc(Cl)cc3)C2)CC1. The average molecular weight is 366 g/mol. The topological polar surface area (TPSA) is 36.0 Å². The Kier molecular flexibility index (Phi) is 6.34. The minimum Gasteiger partial charge on any atom is -0.370 e. The summed E-state index contributed by atoms with van der Waals surface area (Å²) in [7, 11) is 4.23. The van der Waals surface area contributed by atoms with Gasteiger partial charge in [0, 0.05) is 17.6 Å². The van der Waals surface area contributed by atoms with Gasteiger partial charge in [-0.3, -0.25) is 9.69 Å². The fourth-order valence-corrected chi connectivity index (χ4v) is 3.76. The van der Waals surface area contributed by atoms with E-state index in [1.54, 1.807) is 0 Å². The van der Waals surface area contributed by atoms with Crippen molar-refractivity contribution in [3.8, 4) is 0 Å². The van der Waals surface area contributed by atoms with Crippen LogP contribution in [-0.2, 0) is 9.53 Å². The van der Waals surface area contributed by atoms with Gasteiger partial charge in [0.2, 0.25) is 5.91 Å². The van der Waals surface area contributed by atoms with Crippen molar-refractivity contribution in [2.45, 2.75) is 25.0 Å². The van der Waals surface area contributed by atoms with E-state index in [4.69, 9.17) is 16.3 Å². The minimum absolute atomic E-state index is 0.0661. The summed E-state index contributed by atoms with van der Waals surface area (Å²) in [6, 6.07) is 8.20. The molecule has 0 unspecified atom stereocenters. The summed E-state index contributed by atoms with van der Waals surface area (Å²) in [5, 5.41) is 0.715. The van der Waals surface area contributed by atoms with E-state index in [2.05, 4.69) is 23.9 Å². The molecule has 138 valence electrons. The minimum atomic E-state index is -0.0661. The van der Waals surface area contributed by atoms with Crippen LogP contribution in [0.25, 0.3) is 0 Å². The molecule has 0 N–H and O–H groups in total. The number of halogens is 1. The molecule has 1 atom stereocenters. The van der Waals surface area contributed by atoms with Crippen molar-refractivity contribution in [2.24, 2.45) is 0 Å². The van der Waals surface area contributed by atoms with Crippen molar-refractivity contribution < 1.29 is 9.53 Å². The van der Waals surface area contributed by atoms with Gasteiger partial charge >= 0.3 is 0 Å². The van der Waals surface area contributed by atoms with Gasteiger partial charge in [0.1, 0.15) is 6.10 Å². The third kappa shape index (κ3) is 4.94. The van der Waals surface area contributed by atoms with Gasteiger partial charge in [-0.1, -0.05) is 23.7 Å². The maximum absolute atomic E-state index is 12.7. The summed E-state index contributed by atoms with van der Waals surface area (Å²) in [6.45, 7) is 4.57. The molecule has 2 fully saturated rings. The van der Waals surface area contributed by atoms with Crippen LogP contribution in [0.15, 0.2) is 24.3 Å². The number of amides is 1. The quantitative estimate of drug-likeness (QED) is 0.820. The van der Waals surface area contributed by atoms with E-state index in [1.807, 2.05) is 29.2 Å². The molecular formula is C19H28ClN3O2. The third-order valence-electron chi connectivity index (χ3n) is 5.36. The van der Waals surface area contributed by atoms with Crippen LogP contribution >= 0.6 is 11.6 Å². The Morgan fingerprint density at radius 1 is 1.24 bits per heavy atom. The van der Waals surface area contributed by atoms with Crippen molar-refractivity contribution in [1.82, 2.24) is 14.7 Å². The molecule has 0 saturated carbocycles. The van der Waals surface area contributed by atoms with Gasteiger partial charge in [0.05, 0.1) is 19.7 Å². The standard InChI is InChI=1S/C19H28ClN3O2/c1-21-9-7-17(8-10-21)22(2)14-19(24)23-11-12-25-18(13-23)15-3-5-16(20)6-4-15/h3-6,17-18H,7-14H2,1-2H3/t18-/m0/s1. The molecule has 25 heavy (non-hydrogen) atoms. The second-order valence-corrected chi connectivity index (χ2v) is 7.64. The van der Waals surface area contributed by atoms with Crippen molar-refractivity contribution >= 4 is 17.5 Å². The molecule has 0 spiro atoms. The van der Waals surface area contributed by atoms with Crippen LogP contribution in [0.1, 0.15) is 24.5 Å². The number of hydrogen-bond acceptors (Lipinski definition) is 4. The summed E-state index contributed by atoms with van der Waals surface area (Å²) in [5.74, 6) is 0.198. The van der Waals surface area contributed by atoms with E-state index in [9.17, 15) is 4.79 Å². The summed E-state index contributed by atoms with van der Waals surface area (Å²) < 4.78 is 5.86. The van der Waals surface area contributed by atoms with E-state index in [0.717, 1.165) is 31.5 Å². The first kappa shape index (κ1) is 18.6. The average Bonchev–Trinajstić information content (AvgIpc) is 2.63. The molecule has 5 nitrogen and oxygen atoms in total. The Morgan fingerprint density at radius 3 is 2.60 bits per heavy atom. The van der Waals surface area contributed by atoms with Crippen molar-refractivity contribution in [3.05, 3.63) is 34.9 Å². The molecule has 0 bridgehead atoms. The fourth-order valence-electron chi connectivity index (χ4n) is 3.63. The number of likely N-dealkylation sites (tertiary alicyclic amines) is 1. The number of piperidine rings is 1. The number of benzene rings is 1. The number of nitrogens with zero attached hydrogens (tertiary/aromatic N) is 3. The maximum atomic E-state index is 12.7. The third-order valence-corrected chi connectivity index (χ3v) is 5.61. The molecule has 1 aromatic rings. The van der Waals surface area contributed by atoms with Crippen LogP contribution in [-0.4, -0.2) is 80.1 Å². The van der Waals surface area contributed by atoms with Crippen LogP contribution in [0.2, 0.25) is 5.02 Å². The molecule has 2 saturated heterocycles. The molecule has 0 aliphatic carbocycles. The van der Waals surface area contributed by atoms with Crippen LogP contribution in [0.3, 0.4) is 0 Å². The fraction of sp³-hybridized carbons (Fsp3) is 0.632. The first-order chi connectivity index (χ1) is 12.0. The molecular weight excluding hydrogens is 338 g/mol. The first-order valence-electron chi connectivity index (χ1n) is 9.06. The lowest BCUT2D eigenvalue weighted by Crippen LogP contribution is -2.49. The summed E-state index contributed by atoms with van der Waals surface area (Å²) in [5.41, 5.74) is 1.07. The van der Waals surface area contributed by atoms with Gasteiger partial charge in [0.15, 0.2) is 0 Å². The lowest BCUT2D eigenvalue weighted by molar-refractivity contribution is -0.140. The molecule has 3 rings (SSSR count). The van der Waals surface area contributed by atoms with Crippen LogP contribution in [0.4, 0.5) is 0 Å². The van der Waals surface area contributed by atoms with E-state index < -0.39 is 0 Å². The Morgan fingerprint density at radius 2 is 1.92 bits per heavy atom. The van der Waals surface area contributed by atoms with Gasteiger partial charge in [-0.05, 0) is 57.7 Å². The van der Waals surface area contributed by atoms with Gasteiger partial charge < -0.3 is 14.5 Å². The number of morpholine rings is 1. The number of hydrogen-bond donors (Lipinski definition) is 0. The van der Waals surface area contributed by atoms with Crippen LogP contribution < -0.4 is 0 Å². The lowest BCUT2D eigenvalue weighted by atomic mass is 10.0. The zero-order chi connectivity index (χ0) is 17.8. The smallest absolute Gasteiger partial charge is 0.236 e. The maximum Gasteiger partial charge on any atom is 0.236 e. The number of likely N-dealkylation sites (N-methyl/N-ethyl adjacent to an activating group) is 1. The number of carbonyl (C=O) groups is 1. The second kappa shape index (κ2) is 8.49. The number of ether oxygens (including phenoxy) is 1. The van der Waals surface area contributed by atoms with Gasteiger partial charge in [-0.25, -0.2) is 0 Å². The second-order valence-electron chi connectivity index (χ2n) is 7.20. The van der Waals surface area contributed by atoms with E-state index >= 15 is 0 Å². The van der Waals surface area contributed by atoms with Gasteiger partial charge in [0.25, 0.3) is 0 Å². The predicted octanol–water partition coefficient (Wildman–Crippen LogP) is 2.27. The van der Waals surface area contributed by atoms with Crippen molar-refractivity contribution in [1.29, 1.82) is 0 Å². The highest BCUT2D eigenvalue weighted by atomic mass is 35.5. The van der Waals surface area contributed by atoms with Crippen LogP contribution in [0, 0.1) is 0 Å². The number of rotatable bonds is 4. The summed E-state index contributed by atoms with van der Waals surface area (Å²) >= 11 is 5.96. The van der Waals surface area contributed by atoms with E-state index in [1.165, 1.54) is 0 Å². The van der Waals surface area contributed by atoms with Gasteiger partial charge in [-0.15, -0.1) is 0 Å². The molecule has 6 heteroatoms. The Labute approximate surface area is 155 Å². The van der Waals surface area contributed by atoms with Crippen molar-refractivity contribution in [3.63, 3.8) is 0 Å². The summed E-state index contributed by atoms with van der Waals surface area (Å²) in [4.78, 5) is 19.3. The van der Waals surface area contributed by atoms with Gasteiger partial charge in [-0.2, -0.15) is 0 Å². The highest BCUT2D eigenvalue weighted by Crippen LogP contribution is 2.24. The number of carbonyl (C=O) groups excluding carboxylic acids is 1. The monoisotopic (exact) mass is 365 g/mol. The Balaban J connectivity index is 1.53.